The highest BCUT2D eigenvalue weighted by Gasteiger charge is 2.45. The lowest BCUT2D eigenvalue weighted by Crippen LogP contribution is -2.66. The first-order chi connectivity index (χ1) is 29.2. The Morgan fingerprint density at radius 1 is 0.750 bits per heavy atom. The van der Waals surface area contributed by atoms with Gasteiger partial charge in [0.15, 0.2) is 5.65 Å². The maximum atomic E-state index is 13.6. The van der Waals surface area contributed by atoms with Gasteiger partial charge >= 0.3 is 6.03 Å². The first kappa shape index (κ1) is 37.4. The normalized spacial score (nSPS) is 20.4. The quantitative estimate of drug-likeness (QED) is 0.228. The number of piperazine rings is 1. The second-order valence-corrected chi connectivity index (χ2v) is 15.9. The molecule has 0 bridgehead atoms. The Morgan fingerprint density at radius 3 is 2.20 bits per heavy atom. The van der Waals surface area contributed by atoms with Gasteiger partial charge in [0, 0.05) is 76.1 Å². The van der Waals surface area contributed by atoms with E-state index in [9.17, 15) is 24.0 Å². The number of para-hydroxylation sites is 1. The number of hydrogen-bond acceptors (Lipinski definition) is 12. The Kier molecular flexibility index (Phi) is 9.38. The molecule has 0 aliphatic carbocycles. The van der Waals surface area contributed by atoms with Crippen LogP contribution in [-0.4, -0.2) is 133 Å². The maximum absolute atomic E-state index is 13.6. The van der Waals surface area contributed by atoms with Crippen LogP contribution in [0, 0.1) is 0 Å². The molecule has 4 saturated heterocycles. The number of imide groups is 2. The standard InChI is InChI=1S/C43H43N11O6/c44-38-36-37(26-6-9-31(10-7-26)60-30-4-2-1-3-5-30)48-54(39(36)46-25-45-38)27-14-16-51(17-15-27)43(59)52-23-29(24-52)50-20-18-49(19-21-50)28-8-11-32-33(22-28)42(58)53(41(32)57)34-12-13-35(55)47-40(34)56/h1-11,22,25,27,29,34H,12-21,23-24H2,(H2,44,45,46)(H,47,55,56). The maximum Gasteiger partial charge on any atom is 0.320 e. The topological polar surface area (TPSA) is 192 Å². The van der Waals surface area contributed by atoms with E-state index in [-0.39, 0.29) is 42.1 Å². The van der Waals surface area contributed by atoms with Crippen LogP contribution in [0.15, 0.2) is 79.1 Å². The zero-order valence-corrected chi connectivity index (χ0v) is 32.8. The number of urea groups is 1. The van der Waals surface area contributed by atoms with E-state index in [1.165, 1.54) is 6.33 Å². The van der Waals surface area contributed by atoms with E-state index in [1.807, 2.05) is 75.1 Å². The second-order valence-electron chi connectivity index (χ2n) is 15.9. The number of nitrogens with zero attached hydrogens (tertiary/aromatic N) is 9. The number of benzene rings is 3. The van der Waals surface area contributed by atoms with Crippen molar-refractivity contribution in [3.63, 3.8) is 0 Å². The van der Waals surface area contributed by atoms with Crippen molar-refractivity contribution in [2.45, 2.75) is 43.8 Å². The summed E-state index contributed by atoms with van der Waals surface area (Å²) < 4.78 is 7.94. The molecule has 4 fully saturated rings. The van der Waals surface area contributed by atoms with E-state index in [4.69, 9.17) is 15.6 Å². The molecular weight excluding hydrogens is 767 g/mol. The molecule has 306 valence electrons. The number of nitrogen functional groups attached to an aromatic ring is 1. The van der Waals surface area contributed by atoms with Gasteiger partial charge in [0.2, 0.25) is 11.8 Å². The summed E-state index contributed by atoms with van der Waals surface area (Å²) in [6.45, 7) is 5.59. The third kappa shape index (κ3) is 6.63. The van der Waals surface area contributed by atoms with Crippen LogP contribution in [0.25, 0.3) is 22.3 Å². The van der Waals surface area contributed by atoms with Crippen molar-refractivity contribution in [3.05, 3.63) is 90.3 Å². The Hall–Kier alpha value is -6.88. The van der Waals surface area contributed by atoms with Crippen molar-refractivity contribution in [3.8, 4) is 22.8 Å². The number of aromatic nitrogens is 4. The van der Waals surface area contributed by atoms with Crippen LogP contribution in [0.3, 0.4) is 0 Å². The molecule has 3 N–H and O–H groups in total. The van der Waals surface area contributed by atoms with Gasteiger partial charge in [0.1, 0.15) is 35.4 Å². The van der Waals surface area contributed by atoms with Gasteiger partial charge in [-0.25, -0.2) is 19.4 Å². The third-order valence-electron chi connectivity index (χ3n) is 12.5. The van der Waals surface area contributed by atoms with E-state index < -0.39 is 29.7 Å². The van der Waals surface area contributed by atoms with Gasteiger partial charge in [0.25, 0.3) is 11.8 Å². The molecule has 5 aliphatic rings. The fourth-order valence-electron chi connectivity index (χ4n) is 9.10. The number of hydrogen-bond donors (Lipinski definition) is 2. The van der Waals surface area contributed by atoms with Crippen molar-refractivity contribution in [1.29, 1.82) is 0 Å². The summed E-state index contributed by atoms with van der Waals surface area (Å²) in [5.74, 6) is -0.216. The largest absolute Gasteiger partial charge is 0.457 e. The minimum Gasteiger partial charge on any atom is -0.457 e. The van der Waals surface area contributed by atoms with Crippen molar-refractivity contribution in [1.82, 2.24) is 44.7 Å². The fraction of sp³-hybridized carbons (Fsp3) is 0.349. The third-order valence-corrected chi connectivity index (χ3v) is 12.5. The molecule has 0 saturated carbocycles. The van der Waals surface area contributed by atoms with Crippen molar-refractivity contribution in [2.24, 2.45) is 0 Å². The molecule has 17 heteroatoms. The number of carbonyl (C=O) groups is 5. The van der Waals surface area contributed by atoms with Gasteiger partial charge in [-0.2, -0.15) is 5.10 Å². The first-order valence-corrected chi connectivity index (χ1v) is 20.4. The number of fused-ring (bicyclic) bond motifs is 2. The van der Waals surface area contributed by atoms with E-state index >= 15 is 0 Å². The molecule has 0 radical (unpaired) electrons. The molecule has 5 aliphatic heterocycles. The average molecular weight is 810 g/mol. The van der Waals surface area contributed by atoms with Gasteiger partial charge in [-0.05, 0) is 73.9 Å². The zero-order valence-electron chi connectivity index (χ0n) is 32.8. The number of nitrogens with one attached hydrogen (secondary N) is 1. The molecule has 7 heterocycles. The van der Waals surface area contributed by atoms with Crippen LogP contribution in [0.2, 0.25) is 0 Å². The lowest BCUT2D eigenvalue weighted by molar-refractivity contribution is -0.136. The molecule has 2 aromatic heterocycles. The summed E-state index contributed by atoms with van der Waals surface area (Å²) in [6, 6.07) is 22.0. The average Bonchev–Trinajstić information content (AvgIpc) is 3.76. The van der Waals surface area contributed by atoms with E-state index in [0.717, 1.165) is 60.9 Å². The number of amides is 6. The summed E-state index contributed by atoms with van der Waals surface area (Å²) in [7, 11) is 0. The van der Waals surface area contributed by atoms with Gasteiger partial charge in [0.05, 0.1) is 22.6 Å². The Morgan fingerprint density at radius 2 is 1.47 bits per heavy atom. The molecule has 10 rings (SSSR count). The SMILES string of the molecule is Nc1ncnc2c1c(-c1ccc(Oc3ccccc3)cc1)nn2C1CCN(C(=O)N2CC(N3CCN(c4ccc5c(c4)C(=O)N(C4CCC(=O)NC4=O)C5=O)CC3)C2)CC1. The smallest absolute Gasteiger partial charge is 0.320 e. The van der Waals surface area contributed by atoms with Crippen molar-refractivity contribution < 1.29 is 28.7 Å². The zero-order chi connectivity index (χ0) is 41.1. The summed E-state index contributed by atoms with van der Waals surface area (Å²) in [6.07, 6.45) is 3.12. The molecule has 60 heavy (non-hydrogen) atoms. The molecule has 1 unspecified atom stereocenters. The number of anilines is 2. The Bertz CT molecular complexity index is 2520. The van der Waals surface area contributed by atoms with E-state index in [2.05, 4.69) is 25.1 Å². The van der Waals surface area contributed by atoms with Crippen molar-refractivity contribution in [2.75, 3.05) is 63.0 Å². The molecule has 17 nitrogen and oxygen atoms in total. The Balaban J connectivity index is 0.723. The van der Waals surface area contributed by atoms with Crippen LogP contribution in [-0.2, 0) is 9.59 Å². The summed E-state index contributed by atoms with van der Waals surface area (Å²) in [4.78, 5) is 82.6. The number of ether oxygens (including phenoxy) is 1. The monoisotopic (exact) mass is 809 g/mol. The number of rotatable bonds is 7. The summed E-state index contributed by atoms with van der Waals surface area (Å²) >= 11 is 0. The lowest BCUT2D eigenvalue weighted by Gasteiger charge is -2.49. The summed E-state index contributed by atoms with van der Waals surface area (Å²) in [5.41, 5.74) is 10.1. The van der Waals surface area contributed by atoms with Crippen LogP contribution >= 0.6 is 0 Å². The van der Waals surface area contributed by atoms with E-state index in [0.29, 0.717) is 54.5 Å². The molecule has 5 aromatic rings. The lowest BCUT2D eigenvalue weighted by atomic mass is 10.0. The van der Waals surface area contributed by atoms with Crippen LogP contribution in [0.5, 0.6) is 11.5 Å². The van der Waals surface area contributed by atoms with Crippen molar-refractivity contribution >= 4 is 52.2 Å². The van der Waals surface area contributed by atoms with E-state index in [1.54, 1.807) is 12.1 Å². The Labute approximate surface area is 344 Å². The van der Waals surface area contributed by atoms with Gasteiger partial charge in [-0.15, -0.1) is 0 Å². The van der Waals surface area contributed by atoms with Crippen LogP contribution < -0.4 is 20.7 Å². The fourth-order valence-corrected chi connectivity index (χ4v) is 9.10. The van der Waals surface area contributed by atoms with Gasteiger partial charge in [-0.1, -0.05) is 18.2 Å². The highest BCUT2D eigenvalue weighted by atomic mass is 16.5. The second kappa shape index (κ2) is 15.1. The molecule has 0 spiro atoms. The number of likely N-dealkylation sites (tertiary alicyclic amines) is 2. The molecular formula is C43H43N11O6. The highest BCUT2D eigenvalue weighted by molar-refractivity contribution is 6.23. The van der Waals surface area contributed by atoms with Gasteiger partial charge < -0.3 is 25.2 Å². The number of piperidine rings is 2. The number of nitrogens with two attached hydrogens (primary N) is 1. The molecule has 6 amide bonds. The number of carbonyl (C=O) groups excluding carboxylic acids is 5. The summed E-state index contributed by atoms with van der Waals surface area (Å²) in [5, 5.41) is 7.98. The van der Waals surface area contributed by atoms with Crippen LogP contribution in [0.1, 0.15) is 52.4 Å². The molecule has 1 atom stereocenters. The highest BCUT2D eigenvalue weighted by Crippen LogP contribution is 2.36. The van der Waals surface area contributed by atoms with Crippen LogP contribution in [0.4, 0.5) is 16.3 Å². The molecule has 3 aromatic carbocycles. The minimum atomic E-state index is -0.993. The minimum absolute atomic E-state index is 0.0364. The predicted octanol–water partition coefficient (Wildman–Crippen LogP) is 3.53. The van der Waals surface area contributed by atoms with Gasteiger partial charge in [-0.3, -0.25) is 34.3 Å². The first-order valence-electron chi connectivity index (χ1n) is 20.4. The predicted molar refractivity (Wildman–Crippen MR) is 219 cm³/mol.